The molecule has 0 unspecified atom stereocenters. The van der Waals surface area contributed by atoms with E-state index in [2.05, 4.69) is 11.6 Å². The molecule has 1 aromatic carbocycles. The van der Waals surface area contributed by atoms with Gasteiger partial charge in [0.2, 0.25) is 0 Å². The number of hydrogen-bond acceptors (Lipinski definition) is 2. The first-order valence-corrected chi connectivity index (χ1v) is 8.76. The molecule has 4 heteroatoms. The van der Waals surface area contributed by atoms with Crippen LogP contribution in [0, 0.1) is 0 Å². The molecule has 0 atom stereocenters. The van der Waals surface area contributed by atoms with Crippen LogP contribution in [0.15, 0.2) is 18.2 Å². The topological polar surface area (TPSA) is 43.3 Å². The average Bonchev–Trinajstić information content (AvgIpc) is 2.07. The largest absolute Gasteiger partial charge is 0.107 e. The van der Waals surface area contributed by atoms with Crippen LogP contribution in [0.4, 0.5) is 0 Å². The fourth-order valence-electron chi connectivity index (χ4n) is 1.04. The van der Waals surface area contributed by atoms with E-state index in [1.807, 2.05) is 0 Å². The van der Waals surface area contributed by atoms with Crippen molar-refractivity contribution in [2.45, 2.75) is 23.4 Å². The van der Waals surface area contributed by atoms with E-state index in [1.165, 1.54) is 11.4 Å². The predicted octanol–water partition coefficient (Wildman–Crippen LogP) is 2.38. The van der Waals surface area contributed by atoms with Crippen molar-refractivity contribution < 1.29 is 10.2 Å². The normalized spacial score (nSPS) is 9.93. The third-order valence-corrected chi connectivity index (χ3v) is 3.96. The molecule has 0 amide bonds. The number of hydrogen-bond donors (Lipinski definition) is 1. The minimum atomic E-state index is -0.411. The minimum Gasteiger partial charge on any atom is -0.107 e. The zero-order valence-corrected chi connectivity index (χ0v) is 12.4. The Bertz CT molecular complexity index is 289. The Labute approximate surface area is 106 Å². The summed E-state index contributed by atoms with van der Waals surface area (Å²) >= 11 is -0.411. The number of phenolic OH excluding ortho intramolecular Hbond substituents is 1. The number of aromatic hydroxyl groups is 1. The number of aryl methyl sites for hydroxylation is 1. The quantitative estimate of drug-likeness (QED) is 0.653. The number of rotatable bonds is 3. The molecule has 14 heavy (non-hydrogen) atoms. The van der Waals surface area contributed by atoms with Gasteiger partial charge in [-0.2, -0.15) is 0 Å². The van der Waals surface area contributed by atoms with E-state index in [0.29, 0.717) is 0 Å². The van der Waals surface area contributed by atoms with Gasteiger partial charge in [0.1, 0.15) is 0 Å². The van der Waals surface area contributed by atoms with Crippen molar-refractivity contribution in [1.82, 2.24) is 0 Å². The molecule has 0 saturated carbocycles. The van der Waals surface area contributed by atoms with Gasteiger partial charge >= 0.3 is 82.8 Å². The van der Waals surface area contributed by atoms with E-state index in [1.54, 1.807) is 12.1 Å². The van der Waals surface area contributed by atoms with Crippen LogP contribution in [0.3, 0.4) is 0 Å². The summed E-state index contributed by atoms with van der Waals surface area (Å²) in [5.41, 5.74) is 1.06. The maximum Gasteiger partial charge on any atom is -0.107 e. The monoisotopic (exact) mass is 374 g/mol. The first kappa shape index (κ1) is 14.1. The molecule has 0 saturated heterocycles. The second-order valence-corrected chi connectivity index (χ2v) is 8.23. The van der Waals surface area contributed by atoms with Gasteiger partial charge < -0.3 is 0 Å². The number of halogens is 1. The van der Waals surface area contributed by atoms with Crippen LogP contribution >= 0.6 is 24.0 Å². The molecule has 80 valence electrons. The first-order valence-electron chi connectivity index (χ1n) is 4.12. The zero-order chi connectivity index (χ0) is 9.84. The Kier molecular flexibility index (Phi) is 6.57. The molecule has 0 aliphatic rings. The van der Waals surface area contributed by atoms with E-state index in [-0.39, 0.29) is 35.5 Å². The molecule has 1 rings (SSSR count). The standard InChI is InChI=1S/C10H14O2Se.HI/c1-13(2)6-5-8-3-4-9(11)10(12)7-8;/h3-4,7H,5-6H2,1-2H3,(H-,11,12);1H. The van der Waals surface area contributed by atoms with Gasteiger partial charge in [-0.15, -0.1) is 24.0 Å². The molecule has 0 spiro atoms. The molecule has 1 N–H and O–H groups in total. The fourth-order valence-corrected chi connectivity index (χ4v) is 2.39. The first-order chi connectivity index (χ1) is 6.09. The van der Waals surface area contributed by atoms with E-state index < -0.39 is 13.9 Å². The summed E-state index contributed by atoms with van der Waals surface area (Å²) in [4.78, 5) is 0. The summed E-state index contributed by atoms with van der Waals surface area (Å²) in [5.74, 6) is 4.15. The van der Waals surface area contributed by atoms with Crippen molar-refractivity contribution in [1.29, 1.82) is 0 Å². The molecule has 1 aromatic rings. The summed E-state index contributed by atoms with van der Waals surface area (Å²) in [5, 5.41) is 21.2. The van der Waals surface area contributed by atoms with E-state index in [9.17, 15) is 5.11 Å². The maximum atomic E-state index is 10.9. The van der Waals surface area contributed by atoms with Crippen LogP contribution in [0.25, 0.3) is 0 Å². The van der Waals surface area contributed by atoms with Crippen LogP contribution in [0.2, 0.25) is 17.0 Å². The second kappa shape index (κ2) is 6.53. The van der Waals surface area contributed by atoms with E-state index in [0.717, 1.165) is 12.0 Å². The smallest absolute Gasteiger partial charge is 0.107 e. The second-order valence-electron chi connectivity index (χ2n) is 3.24. The van der Waals surface area contributed by atoms with Gasteiger partial charge in [0, 0.05) is 0 Å². The zero-order valence-electron chi connectivity index (χ0n) is 8.32. The van der Waals surface area contributed by atoms with Crippen molar-refractivity contribution in [3.63, 3.8) is 0 Å². The predicted molar refractivity (Wildman–Crippen MR) is 69.0 cm³/mol. The SMILES string of the molecule is C[Se+](C)CCc1ccc([O-])c(O)c1.I. The number of phenols is 1. The van der Waals surface area contributed by atoms with Gasteiger partial charge in [0.05, 0.1) is 0 Å². The van der Waals surface area contributed by atoms with Crippen molar-refractivity contribution in [2.75, 3.05) is 0 Å². The summed E-state index contributed by atoms with van der Waals surface area (Å²) < 4.78 is 0. The summed E-state index contributed by atoms with van der Waals surface area (Å²) in [6.45, 7) is 0. The molecular weight excluding hydrogens is 358 g/mol. The summed E-state index contributed by atoms with van der Waals surface area (Å²) in [7, 11) is 0. The summed E-state index contributed by atoms with van der Waals surface area (Å²) in [6.07, 6.45) is 0.978. The van der Waals surface area contributed by atoms with Crippen molar-refractivity contribution >= 4 is 37.9 Å². The molecule has 0 aromatic heterocycles. The van der Waals surface area contributed by atoms with Crippen LogP contribution < -0.4 is 5.11 Å². The van der Waals surface area contributed by atoms with Gasteiger partial charge in [0.25, 0.3) is 0 Å². The Morgan fingerprint density at radius 3 is 2.50 bits per heavy atom. The van der Waals surface area contributed by atoms with Crippen LogP contribution in [-0.4, -0.2) is 19.0 Å². The van der Waals surface area contributed by atoms with Gasteiger partial charge in [0.15, 0.2) is 0 Å². The fraction of sp³-hybridized carbons (Fsp3) is 0.400. The van der Waals surface area contributed by atoms with Gasteiger partial charge in [-0.05, 0) is 0 Å². The van der Waals surface area contributed by atoms with Crippen LogP contribution in [0.5, 0.6) is 11.5 Å². The van der Waals surface area contributed by atoms with Crippen LogP contribution in [0.1, 0.15) is 5.56 Å². The van der Waals surface area contributed by atoms with Gasteiger partial charge in [-0.25, -0.2) is 0 Å². The molecule has 0 aliphatic heterocycles. The van der Waals surface area contributed by atoms with Crippen molar-refractivity contribution in [3.8, 4) is 11.5 Å². The van der Waals surface area contributed by atoms with E-state index in [4.69, 9.17) is 5.11 Å². The Hall–Kier alpha value is 0.0695. The molecule has 0 bridgehead atoms. The summed E-state index contributed by atoms with van der Waals surface area (Å²) in [6, 6.07) is 4.82. The molecule has 0 aliphatic carbocycles. The minimum absolute atomic E-state index is 0. The van der Waals surface area contributed by atoms with E-state index >= 15 is 0 Å². The Balaban J connectivity index is 0.00000169. The molecular formula is C10H15IO2Se. The molecule has 0 radical (unpaired) electrons. The molecule has 0 fully saturated rings. The Morgan fingerprint density at radius 2 is 2.00 bits per heavy atom. The van der Waals surface area contributed by atoms with Crippen molar-refractivity contribution in [2.24, 2.45) is 0 Å². The number of benzene rings is 1. The average molecular weight is 373 g/mol. The molecule has 0 heterocycles. The third-order valence-electron chi connectivity index (χ3n) is 1.82. The van der Waals surface area contributed by atoms with Crippen molar-refractivity contribution in [3.05, 3.63) is 23.8 Å². The maximum absolute atomic E-state index is 10.9. The van der Waals surface area contributed by atoms with Gasteiger partial charge in [-0.1, -0.05) is 0 Å². The Morgan fingerprint density at radius 1 is 1.36 bits per heavy atom. The third kappa shape index (κ3) is 4.53. The van der Waals surface area contributed by atoms with Gasteiger partial charge in [-0.3, -0.25) is 0 Å². The van der Waals surface area contributed by atoms with Crippen LogP contribution in [-0.2, 0) is 6.42 Å². The molecule has 2 nitrogen and oxygen atoms in total.